The molecule has 10 heteroatoms. The number of aryl methyl sites for hydroxylation is 1. The van der Waals surface area contributed by atoms with Gasteiger partial charge in [0.05, 0.1) is 18.4 Å². The monoisotopic (exact) mass is 489 g/mol. The summed E-state index contributed by atoms with van der Waals surface area (Å²) in [6, 6.07) is 8.10. The number of nitrogens with one attached hydrogen (secondary N) is 1. The summed E-state index contributed by atoms with van der Waals surface area (Å²) in [6.45, 7) is 3.37. The van der Waals surface area contributed by atoms with E-state index in [0.29, 0.717) is 12.2 Å². The fourth-order valence-corrected chi connectivity index (χ4v) is 5.29. The fraction of sp³-hybridized carbons (Fsp3) is 0.280. The van der Waals surface area contributed by atoms with Crippen molar-refractivity contribution >= 4 is 10.0 Å². The van der Waals surface area contributed by atoms with Crippen molar-refractivity contribution in [3.8, 4) is 33.6 Å². The largest absolute Gasteiger partial charge is 0.275 e. The number of hydrogen-bond donors (Lipinski definition) is 1. The van der Waals surface area contributed by atoms with Gasteiger partial charge < -0.3 is 0 Å². The molecule has 1 fully saturated rings. The molecule has 0 amide bonds. The highest BCUT2D eigenvalue weighted by Crippen LogP contribution is 2.30. The molecule has 180 valence electrons. The van der Waals surface area contributed by atoms with Gasteiger partial charge in [-0.2, -0.15) is 10.2 Å². The lowest BCUT2D eigenvalue weighted by molar-refractivity contribution is 0.289. The quantitative estimate of drug-likeness (QED) is 0.421. The maximum Gasteiger partial charge on any atom is 0.233 e. The maximum atomic E-state index is 11.9. The third-order valence-electron chi connectivity index (χ3n) is 6.32. The van der Waals surface area contributed by atoms with Crippen molar-refractivity contribution in [2.45, 2.75) is 37.8 Å². The molecule has 35 heavy (non-hydrogen) atoms. The molecule has 1 aromatic carbocycles. The zero-order valence-corrected chi connectivity index (χ0v) is 20.3. The first kappa shape index (κ1) is 23.1. The van der Waals surface area contributed by atoms with Gasteiger partial charge in [0.2, 0.25) is 10.0 Å². The lowest BCUT2D eigenvalue weighted by atomic mass is 9.92. The SMILES string of the molecule is C=CS(=O)(=O)N[C@@H]1CCC[C@H](n2cc(-c3cnc(-c4cccc(-c5cnn(C)c5)c4)nc3)cn2)C1. The minimum Gasteiger partial charge on any atom is -0.275 e. The number of nitrogens with zero attached hydrogens (tertiary/aromatic N) is 6. The van der Waals surface area contributed by atoms with E-state index in [9.17, 15) is 8.42 Å². The second-order valence-corrected chi connectivity index (χ2v) is 10.5. The smallest absolute Gasteiger partial charge is 0.233 e. The third-order valence-corrected chi connectivity index (χ3v) is 7.42. The van der Waals surface area contributed by atoms with E-state index < -0.39 is 10.0 Å². The number of benzene rings is 1. The van der Waals surface area contributed by atoms with E-state index in [1.165, 1.54) is 0 Å². The van der Waals surface area contributed by atoms with Crippen molar-refractivity contribution in [3.63, 3.8) is 0 Å². The Kier molecular flexibility index (Phi) is 6.31. The van der Waals surface area contributed by atoms with Crippen LogP contribution in [0.3, 0.4) is 0 Å². The molecule has 2 atom stereocenters. The molecule has 5 rings (SSSR count). The van der Waals surface area contributed by atoms with Crippen LogP contribution in [0.15, 0.2) is 73.4 Å². The molecule has 0 radical (unpaired) electrons. The summed E-state index contributed by atoms with van der Waals surface area (Å²) in [4.78, 5) is 9.19. The molecule has 3 heterocycles. The zero-order valence-electron chi connectivity index (χ0n) is 19.4. The predicted molar refractivity (Wildman–Crippen MR) is 134 cm³/mol. The summed E-state index contributed by atoms with van der Waals surface area (Å²) >= 11 is 0. The van der Waals surface area contributed by atoms with Crippen LogP contribution in [-0.4, -0.2) is 44.0 Å². The summed E-state index contributed by atoms with van der Waals surface area (Å²) in [5.74, 6) is 0.650. The first-order chi connectivity index (χ1) is 16.9. The van der Waals surface area contributed by atoms with Crippen LogP contribution < -0.4 is 4.72 Å². The summed E-state index contributed by atoms with van der Waals surface area (Å²) in [7, 11) is -1.55. The average molecular weight is 490 g/mol. The van der Waals surface area contributed by atoms with Gasteiger partial charge in [0, 0.05) is 65.5 Å². The zero-order chi connectivity index (χ0) is 24.4. The fourth-order valence-electron chi connectivity index (χ4n) is 4.51. The summed E-state index contributed by atoms with van der Waals surface area (Å²) in [6.07, 6.45) is 14.6. The molecule has 1 saturated carbocycles. The Morgan fingerprint density at radius 3 is 2.46 bits per heavy atom. The van der Waals surface area contributed by atoms with Crippen LogP contribution in [-0.2, 0) is 17.1 Å². The van der Waals surface area contributed by atoms with E-state index >= 15 is 0 Å². The second-order valence-electron chi connectivity index (χ2n) is 8.83. The molecule has 9 nitrogen and oxygen atoms in total. The molecule has 1 aliphatic carbocycles. The average Bonchev–Trinajstić information content (AvgIpc) is 3.54. The highest BCUT2D eigenvalue weighted by Gasteiger charge is 2.26. The van der Waals surface area contributed by atoms with Crippen molar-refractivity contribution < 1.29 is 8.42 Å². The molecule has 1 aliphatic rings. The number of sulfonamides is 1. The Morgan fingerprint density at radius 2 is 1.71 bits per heavy atom. The third kappa shape index (κ3) is 5.23. The number of rotatable bonds is 7. The van der Waals surface area contributed by atoms with Gasteiger partial charge in [0.1, 0.15) is 0 Å². The van der Waals surface area contributed by atoms with E-state index in [1.54, 1.807) is 10.9 Å². The summed E-state index contributed by atoms with van der Waals surface area (Å²) < 4.78 is 30.1. The van der Waals surface area contributed by atoms with E-state index in [1.807, 2.05) is 60.9 Å². The van der Waals surface area contributed by atoms with E-state index in [0.717, 1.165) is 52.5 Å². The minimum absolute atomic E-state index is 0.116. The predicted octanol–water partition coefficient (Wildman–Crippen LogP) is 3.95. The Balaban J connectivity index is 1.30. The lowest BCUT2D eigenvalue weighted by Gasteiger charge is -2.29. The Morgan fingerprint density at radius 1 is 0.971 bits per heavy atom. The minimum atomic E-state index is -3.44. The van der Waals surface area contributed by atoms with Crippen LogP contribution in [0.5, 0.6) is 0 Å². The maximum absolute atomic E-state index is 11.9. The van der Waals surface area contributed by atoms with Crippen molar-refractivity contribution in [3.05, 3.63) is 73.4 Å². The van der Waals surface area contributed by atoms with Gasteiger partial charge in [0.25, 0.3) is 0 Å². The molecular formula is C25H27N7O2S. The Bertz CT molecular complexity index is 1440. The molecule has 0 bridgehead atoms. The molecule has 0 spiro atoms. The lowest BCUT2D eigenvalue weighted by Crippen LogP contribution is -2.37. The van der Waals surface area contributed by atoms with Crippen molar-refractivity contribution in [2.24, 2.45) is 7.05 Å². The van der Waals surface area contributed by atoms with Crippen LogP contribution in [0.1, 0.15) is 31.7 Å². The molecule has 1 N–H and O–H groups in total. The van der Waals surface area contributed by atoms with Crippen molar-refractivity contribution in [1.29, 1.82) is 0 Å². The Hall–Kier alpha value is -3.63. The van der Waals surface area contributed by atoms with Crippen LogP contribution in [0.2, 0.25) is 0 Å². The van der Waals surface area contributed by atoms with Gasteiger partial charge in [-0.05, 0) is 37.3 Å². The van der Waals surface area contributed by atoms with Gasteiger partial charge in [0.15, 0.2) is 5.82 Å². The van der Waals surface area contributed by atoms with E-state index in [2.05, 4.69) is 37.5 Å². The Labute approximate surface area is 204 Å². The summed E-state index contributed by atoms with van der Waals surface area (Å²) in [5, 5.41) is 9.75. The van der Waals surface area contributed by atoms with Crippen molar-refractivity contribution in [1.82, 2.24) is 34.3 Å². The van der Waals surface area contributed by atoms with Gasteiger partial charge in [-0.15, -0.1) is 0 Å². The van der Waals surface area contributed by atoms with Gasteiger partial charge in [-0.3, -0.25) is 9.36 Å². The molecule has 0 aliphatic heterocycles. The number of hydrogen-bond acceptors (Lipinski definition) is 6. The second kappa shape index (κ2) is 9.55. The topological polar surface area (TPSA) is 108 Å². The molecule has 3 aromatic heterocycles. The van der Waals surface area contributed by atoms with Crippen molar-refractivity contribution in [2.75, 3.05) is 0 Å². The van der Waals surface area contributed by atoms with Gasteiger partial charge in [-0.25, -0.2) is 23.1 Å². The first-order valence-corrected chi connectivity index (χ1v) is 13.1. The first-order valence-electron chi connectivity index (χ1n) is 11.5. The van der Waals surface area contributed by atoms with Crippen LogP contribution in [0.4, 0.5) is 0 Å². The number of aromatic nitrogens is 6. The van der Waals surface area contributed by atoms with Crippen LogP contribution in [0.25, 0.3) is 33.6 Å². The summed E-state index contributed by atoms with van der Waals surface area (Å²) in [5.41, 5.74) is 4.84. The van der Waals surface area contributed by atoms with Crippen LogP contribution >= 0.6 is 0 Å². The van der Waals surface area contributed by atoms with Gasteiger partial charge in [-0.1, -0.05) is 24.8 Å². The van der Waals surface area contributed by atoms with E-state index in [-0.39, 0.29) is 12.1 Å². The molecule has 0 saturated heterocycles. The highest BCUT2D eigenvalue weighted by molar-refractivity contribution is 7.92. The van der Waals surface area contributed by atoms with Crippen LogP contribution in [0, 0.1) is 0 Å². The van der Waals surface area contributed by atoms with E-state index in [4.69, 9.17) is 0 Å². The standard InChI is InChI=1S/C25H27N7O2S/c1-3-35(33,34)30-23-8-5-9-24(11-23)32-17-22(15-29-32)20-12-26-25(27-13-20)19-7-4-6-18(10-19)21-14-28-31(2)16-21/h3-4,6-7,10,12-17,23-24,30H,1,5,8-9,11H2,2H3/t23-,24+/m1/s1. The highest BCUT2D eigenvalue weighted by atomic mass is 32.2. The molecular weight excluding hydrogens is 462 g/mol. The molecule has 4 aromatic rings. The normalized spacial score (nSPS) is 18.4. The van der Waals surface area contributed by atoms with Gasteiger partial charge >= 0.3 is 0 Å². The molecule has 0 unspecified atom stereocenters.